The highest BCUT2D eigenvalue weighted by Gasteiger charge is 2.36. The molecule has 0 aliphatic carbocycles. The Morgan fingerprint density at radius 3 is 2.20 bits per heavy atom. The van der Waals surface area contributed by atoms with Gasteiger partial charge in [-0.1, -0.05) is 35.9 Å². The van der Waals surface area contributed by atoms with Gasteiger partial charge in [-0.2, -0.15) is 0 Å². The molecule has 0 saturated carbocycles. The number of benzene rings is 2. The second-order valence-electron chi connectivity index (χ2n) is 6.14. The van der Waals surface area contributed by atoms with Crippen LogP contribution in [0.25, 0.3) is 6.08 Å². The first-order valence-corrected chi connectivity index (χ1v) is 7.92. The van der Waals surface area contributed by atoms with E-state index in [0.717, 1.165) is 27.2 Å². The van der Waals surface area contributed by atoms with Gasteiger partial charge in [-0.25, -0.2) is 9.69 Å². The molecule has 4 amide bonds. The lowest BCUT2D eigenvalue weighted by molar-refractivity contribution is -0.122. The van der Waals surface area contributed by atoms with Crippen molar-refractivity contribution >= 4 is 29.6 Å². The standard InChI is InChI=1S/C20H18N2O3/c1-12-4-7-15(8-5-12)11-17-18(23)21-20(25)22(19(17)24)16-9-6-13(2)14(3)10-16/h4-11H,1-3H3,(H,21,23,25)/b17-11+. The minimum atomic E-state index is -0.737. The van der Waals surface area contributed by atoms with Crippen LogP contribution in [-0.4, -0.2) is 17.8 Å². The van der Waals surface area contributed by atoms with Crippen molar-refractivity contribution in [3.63, 3.8) is 0 Å². The Kier molecular flexibility index (Phi) is 4.23. The number of hydrogen-bond donors (Lipinski definition) is 1. The first-order chi connectivity index (χ1) is 11.9. The van der Waals surface area contributed by atoms with Crippen LogP contribution in [0.4, 0.5) is 10.5 Å². The molecule has 3 rings (SSSR count). The number of amides is 4. The summed E-state index contributed by atoms with van der Waals surface area (Å²) in [7, 11) is 0. The van der Waals surface area contributed by atoms with Gasteiger partial charge in [0.1, 0.15) is 5.57 Å². The van der Waals surface area contributed by atoms with Crippen molar-refractivity contribution in [3.8, 4) is 0 Å². The molecule has 1 heterocycles. The smallest absolute Gasteiger partial charge is 0.273 e. The van der Waals surface area contributed by atoms with Crippen LogP contribution in [-0.2, 0) is 9.59 Å². The van der Waals surface area contributed by atoms with Gasteiger partial charge in [-0.3, -0.25) is 14.9 Å². The SMILES string of the molecule is Cc1ccc(/C=C2\C(=O)NC(=O)N(c3ccc(C)c(C)c3)C2=O)cc1. The maximum absolute atomic E-state index is 12.8. The van der Waals surface area contributed by atoms with Crippen molar-refractivity contribution < 1.29 is 14.4 Å². The third kappa shape index (κ3) is 3.21. The quantitative estimate of drug-likeness (QED) is 0.677. The number of urea groups is 1. The molecule has 0 aromatic heterocycles. The first-order valence-electron chi connectivity index (χ1n) is 7.92. The Morgan fingerprint density at radius 1 is 0.880 bits per heavy atom. The van der Waals surface area contributed by atoms with Crippen LogP contribution in [0.15, 0.2) is 48.0 Å². The van der Waals surface area contributed by atoms with Gasteiger partial charge < -0.3 is 0 Å². The van der Waals surface area contributed by atoms with Gasteiger partial charge in [0, 0.05) is 0 Å². The van der Waals surface area contributed by atoms with Crippen molar-refractivity contribution in [3.05, 3.63) is 70.3 Å². The molecule has 2 aromatic rings. The van der Waals surface area contributed by atoms with E-state index in [0.29, 0.717) is 5.69 Å². The fraction of sp³-hybridized carbons (Fsp3) is 0.150. The lowest BCUT2D eigenvalue weighted by Crippen LogP contribution is -2.54. The fourth-order valence-corrected chi connectivity index (χ4v) is 2.59. The van der Waals surface area contributed by atoms with Crippen LogP contribution in [0.3, 0.4) is 0 Å². The Balaban J connectivity index is 2.02. The largest absolute Gasteiger partial charge is 0.335 e. The van der Waals surface area contributed by atoms with Gasteiger partial charge in [-0.15, -0.1) is 0 Å². The average Bonchev–Trinajstić information content (AvgIpc) is 2.56. The maximum atomic E-state index is 12.8. The summed E-state index contributed by atoms with van der Waals surface area (Å²) in [4.78, 5) is 38.1. The summed E-state index contributed by atoms with van der Waals surface area (Å²) in [6, 6.07) is 12.0. The number of carbonyl (C=O) groups excluding carboxylic acids is 3. The number of barbiturate groups is 1. The third-order valence-corrected chi connectivity index (χ3v) is 4.24. The summed E-state index contributed by atoms with van der Waals surface area (Å²) in [5.41, 5.74) is 4.18. The summed E-state index contributed by atoms with van der Waals surface area (Å²) < 4.78 is 0. The lowest BCUT2D eigenvalue weighted by Gasteiger charge is -2.26. The molecule has 1 fully saturated rings. The molecule has 5 nitrogen and oxygen atoms in total. The topological polar surface area (TPSA) is 66.5 Å². The second-order valence-corrected chi connectivity index (χ2v) is 6.14. The van der Waals surface area contributed by atoms with Crippen LogP contribution in [0.5, 0.6) is 0 Å². The van der Waals surface area contributed by atoms with E-state index in [1.54, 1.807) is 12.1 Å². The molecule has 0 unspecified atom stereocenters. The van der Waals surface area contributed by atoms with Crippen molar-refractivity contribution in [2.24, 2.45) is 0 Å². The van der Waals surface area contributed by atoms with Crippen LogP contribution in [0.1, 0.15) is 22.3 Å². The van der Waals surface area contributed by atoms with Gasteiger partial charge in [0.05, 0.1) is 5.69 Å². The molecule has 5 heteroatoms. The third-order valence-electron chi connectivity index (χ3n) is 4.24. The molecule has 1 aliphatic rings. The number of imide groups is 2. The maximum Gasteiger partial charge on any atom is 0.335 e. The summed E-state index contributed by atoms with van der Waals surface area (Å²) in [5, 5.41) is 2.23. The number of hydrogen-bond acceptors (Lipinski definition) is 3. The Morgan fingerprint density at radius 2 is 1.56 bits per heavy atom. The van der Waals surface area contributed by atoms with E-state index in [4.69, 9.17) is 0 Å². The van der Waals surface area contributed by atoms with Crippen molar-refractivity contribution in [1.82, 2.24) is 5.32 Å². The molecule has 2 aromatic carbocycles. The Bertz CT molecular complexity index is 911. The van der Waals surface area contributed by atoms with Gasteiger partial charge in [0.15, 0.2) is 0 Å². The van der Waals surface area contributed by atoms with Crippen LogP contribution in [0, 0.1) is 20.8 Å². The summed E-state index contributed by atoms with van der Waals surface area (Å²) in [6.07, 6.45) is 1.50. The molecule has 1 N–H and O–H groups in total. The zero-order chi connectivity index (χ0) is 18.1. The molecule has 0 atom stereocenters. The first kappa shape index (κ1) is 16.6. The highest BCUT2D eigenvalue weighted by molar-refractivity contribution is 6.39. The van der Waals surface area contributed by atoms with E-state index in [2.05, 4.69) is 5.32 Å². The van der Waals surface area contributed by atoms with Crippen LogP contribution in [0.2, 0.25) is 0 Å². The molecule has 126 valence electrons. The van der Waals surface area contributed by atoms with Crippen LogP contribution < -0.4 is 10.2 Å². The van der Waals surface area contributed by atoms with Crippen LogP contribution >= 0.6 is 0 Å². The monoisotopic (exact) mass is 334 g/mol. The van der Waals surface area contributed by atoms with Crippen molar-refractivity contribution in [2.75, 3.05) is 4.90 Å². The molecule has 1 aliphatic heterocycles. The molecule has 0 radical (unpaired) electrons. The van der Waals surface area contributed by atoms with Gasteiger partial charge >= 0.3 is 6.03 Å². The normalized spacial score (nSPS) is 16.4. The number of anilines is 1. The summed E-state index contributed by atoms with van der Waals surface area (Å²) in [5.74, 6) is -1.31. The minimum Gasteiger partial charge on any atom is -0.273 e. The molecular formula is C20H18N2O3. The molecule has 1 saturated heterocycles. The van der Waals surface area contributed by atoms with E-state index >= 15 is 0 Å². The molecule has 25 heavy (non-hydrogen) atoms. The number of nitrogens with zero attached hydrogens (tertiary/aromatic N) is 1. The van der Waals surface area contributed by atoms with E-state index in [-0.39, 0.29) is 5.57 Å². The van der Waals surface area contributed by atoms with Crippen molar-refractivity contribution in [1.29, 1.82) is 0 Å². The van der Waals surface area contributed by atoms with Crippen molar-refractivity contribution in [2.45, 2.75) is 20.8 Å². The van der Waals surface area contributed by atoms with E-state index in [1.807, 2.05) is 51.1 Å². The minimum absolute atomic E-state index is 0.0679. The Labute approximate surface area is 146 Å². The highest BCUT2D eigenvalue weighted by Crippen LogP contribution is 2.24. The van der Waals surface area contributed by atoms with Gasteiger partial charge in [0.25, 0.3) is 11.8 Å². The summed E-state index contributed by atoms with van der Waals surface area (Å²) in [6.45, 7) is 5.80. The summed E-state index contributed by atoms with van der Waals surface area (Å²) >= 11 is 0. The highest BCUT2D eigenvalue weighted by atomic mass is 16.2. The van der Waals surface area contributed by atoms with E-state index in [1.165, 1.54) is 6.08 Å². The van der Waals surface area contributed by atoms with Gasteiger partial charge in [0.2, 0.25) is 0 Å². The second kappa shape index (κ2) is 6.36. The predicted molar refractivity (Wildman–Crippen MR) is 96.1 cm³/mol. The number of carbonyl (C=O) groups is 3. The van der Waals surface area contributed by atoms with Gasteiger partial charge in [-0.05, 0) is 55.7 Å². The Hall–Kier alpha value is -3.21. The fourth-order valence-electron chi connectivity index (χ4n) is 2.59. The predicted octanol–water partition coefficient (Wildman–Crippen LogP) is 3.28. The average molecular weight is 334 g/mol. The van der Waals surface area contributed by atoms with E-state index in [9.17, 15) is 14.4 Å². The zero-order valence-electron chi connectivity index (χ0n) is 14.3. The molecule has 0 spiro atoms. The number of rotatable bonds is 2. The lowest BCUT2D eigenvalue weighted by atomic mass is 10.0. The number of nitrogens with one attached hydrogen (secondary N) is 1. The molecular weight excluding hydrogens is 316 g/mol. The molecule has 0 bridgehead atoms. The number of aryl methyl sites for hydroxylation is 3. The van der Waals surface area contributed by atoms with E-state index < -0.39 is 17.8 Å². The zero-order valence-corrected chi connectivity index (χ0v) is 14.3.